The normalized spacial score (nSPS) is 15.8. The molecule has 0 saturated heterocycles. The van der Waals surface area contributed by atoms with Crippen LogP contribution in [0.5, 0.6) is 0 Å². The van der Waals surface area contributed by atoms with Gasteiger partial charge in [-0.3, -0.25) is 0 Å². The van der Waals surface area contributed by atoms with Gasteiger partial charge in [0, 0.05) is 0 Å². The molecule has 1 heteroatoms. The van der Waals surface area contributed by atoms with Gasteiger partial charge in [0.2, 0.25) is 0 Å². The third-order valence-corrected chi connectivity index (χ3v) is 5.93. The van der Waals surface area contributed by atoms with Gasteiger partial charge < -0.3 is 4.74 Å². The van der Waals surface area contributed by atoms with Crippen LogP contribution in [0.4, 0.5) is 0 Å². The minimum Gasteiger partial charge on any atom is -0.358 e. The van der Waals surface area contributed by atoms with E-state index in [-0.39, 0.29) is 0 Å². The van der Waals surface area contributed by atoms with E-state index in [1.54, 1.807) is 0 Å². The Hall–Kier alpha value is -1.26. The monoisotopic (exact) mass is 384 g/mol. The molecule has 1 nitrogen and oxygen atoms in total. The number of hydrogen-bond acceptors (Lipinski definition) is 1. The van der Waals surface area contributed by atoms with Crippen LogP contribution in [0.15, 0.2) is 30.3 Å². The van der Waals surface area contributed by atoms with Crippen LogP contribution in [0.2, 0.25) is 0 Å². The Kier molecular flexibility index (Phi) is 12.2. The zero-order chi connectivity index (χ0) is 20.8. The summed E-state index contributed by atoms with van der Waals surface area (Å²) in [5, 5.41) is 0. The lowest BCUT2D eigenvalue weighted by atomic mass is 9.90. The predicted octanol–water partition coefficient (Wildman–Crippen LogP) is 8.03. The topological polar surface area (TPSA) is 9.23 Å². The summed E-state index contributed by atoms with van der Waals surface area (Å²) in [5.74, 6) is 5.38. The maximum absolute atomic E-state index is 6.08. The molecule has 1 rings (SSSR count). The Morgan fingerprint density at radius 3 is 1.93 bits per heavy atom. The standard InChI is InChI=1S/C27H44O/c1-7-27(6,28-22-26-19-9-8-10-20-26)21-13-18-25(5)17-12-16-24(4)15-11-14-23(2)3/h1,8-10,19-20,23-25H,11-18,21-22H2,2-6H3/t24-,25-,27?/m1/s1. The summed E-state index contributed by atoms with van der Waals surface area (Å²) in [6, 6.07) is 10.3. The fraction of sp³-hybridized carbons (Fsp3) is 0.704. The molecule has 28 heavy (non-hydrogen) atoms. The SMILES string of the molecule is C#CC(C)(CCC[C@H](C)CCC[C@H](C)CCCC(C)C)OCc1ccccc1. The number of terminal acetylenes is 1. The van der Waals surface area contributed by atoms with Crippen molar-refractivity contribution in [1.29, 1.82) is 0 Å². The second kappa shape index (κ2) is 13.8. The Balaban J connectivity index is 2.17. The maximum atomic E-state index is 6.08. The predicted molar refractivity (Wildman–Crippen MR) is 123 cm³/mol. The highest BCUT2D eigenvalue weighted by Gasteiger charge is 2.22. The van der Waals surface area contributed by atoms with Crippen LogP contribution in [0.3, 0.4) is 0 Å². The molecule has 0 saturated carbocycles. The smallest absolute Gasteiger partial charge is 0.126 e. The van der Waals surface area contributed by atoms with Gasteiger partial charge in [-0.2, -0.15) is 0 Å². The van der Waals surface area contributed by atoms with Crippen molar-refractivity contribution in [1.82, 2.24) is 0 Å². The van der Waals surface area contributed by atoms with Crippen LogP contribution < -0.4 is 0 Å². The molecule has 0 fully saturated rings. The van der Waals surface area contributed by atoms with Crippen molar-refractivity contribution in [2.45, 2.75) is 105 Å². The van der Waals surface area contributed by atoms with Gasteiger partial charge in [-0.15, -0.1) is 6.42 Å². The molecular weight excluding hydrogens is 340 g/mol. The molecule has 0 aliphatic rings. The highest BCUT2D eigenvalue weighted by molar-refractivity contribution is 5.14. The number of ether oxygens (including phenoxy) is 1. The molecule has 0 N–H and O–H groups in total. The molecule has 0 radical (unpaired) electrons. The van der Waals surface area contributed by atoms with E-state index < -0.39 is 5.60 Å². The molecular formula is C27H44O. The van der Waals surface area contributed by atoms with Crippen molar-refractivity contribution in [3.63, 3.8) is 0 Å². The summed E-state index contributed by atoms with van der Waals surface area (Å²) >= 11 is 0. The average Bonchev–Trinajstić information content (AvgIpc) is 2.67. The quantitative estimate of drug-likeness (QED) is 0.278. The Morgan fingerprint density at radius 2 is 1.39 bits per heavy atom. The largest absolute Gasteiger partial charge is 0.358 e. The van der Waals surface area contributed by atoms with E-state index in [2.05, 4.69) is 52.7 Å². The summed E-state index contributed by atoms with van der Waals surface area (Å²) in [6.07, 6.45) is 17.3. The van der Waals surface area contributed by atoms with Gasteiger partial charge in [-0.25, -0.2) is 0 Å². The lowest BCUT2D eigenvalue weighted by molar-refractivity contribution is -0.00719. The van der Waals surface area contributed by atoms with Crippen LogP contribution in [0, 0.1) is 30.1 Å². The van der Waals surface area contributed by atoms with Gasteiger partial charge in [0.1, 0.15) is 5.60 Å². The van der Waals surface area contributed by atoms with Crippen LogP contribution in [0.25, 0.3) is 0 Å². The number of hydrogen-bond donors (Lipinski definition) is 0. The van der Waals surface area contributed by atoms with Crippen molar-refractivity contribution in [3.8, 4) is 12.3 Å². The third-order valence-electron chi connectivity index (χ3n) is 5.93. The van der Waals surface area contributed by atoms with E-state index in [0.717, 1.165) is 30.6 Å². The zero-order valence-corrected chi connectivity index (χ0v) is 19.2. The second-order valence-corrected chi connectivity index (χ2v) is 9.51. The van der Waals surface area contributed by atoms with Crippen molar-refractivity contribution in [2.24, 2.45) is 17.8 Å². The summed E-state index contributed by atoms with van der Waals surface area (Å²) in [7, 11) is 0. The van der Waals surface area contributed by atoms with E-state index >= 15 is 0 Å². The lowest BCUT2D eigenvalue weighted by Crippen LogP contribution is -2.26. The molecule has 0 heterocycles. The molecule has 1 aromatic carbocycles. The van der Waals surface area contributed by atoms with Crippen LogP contribution in [-0.2, 0) is 11.3 Å². The molecule has 1 unspecified atom stereocenters. The maximum Gasteiger partial charge on any atom is 0.126 e. The fourth-order valence-corrected chi connectivity index (χ4v) is 3.77. The molecule has 0 aromatic heterocycles. The fourth-order valence-electron chi connectivity index (χ4n) is 3.77. The number of rotatable bonds is 15. The molecule has 1 aromatic rings. The first kappa shape index (κ1) is 24.8. The van der Waals surface area contributed by atoms with Gasteiger partial charge in [0.25, 0.3) is 0 Å². The zero-order valence-electron chi connectivity index (χ0n) is 19.2. The molecule has 0 bridgehead atoms. The van der Waals surface area contributed by atoms with Crippen molar-refractivity contribution < 1.29 is 4.74 Å². The van der Waals surface area contributed by atoms with Crippen LogP contribution in [0.1, 0.15) is 98.0 Å². The van der Waals surface area contributed by atoms with Crippen molar-refractivity contribution in [3.05, 3.63) is 35.9 Å². The van der Waals surface area contributed by atoms with E-state index in [9.17, 15) is 0 Å². The van der Waals surface area contributed by atoms with Gasteiger partial charge in [-0.1, -0.05) is 109 Å². The first-order valence-electron chi connectivity index (χ1n) is 11.5. The molecule has 3 atom stereocenters. The number of benzene rings is 1. The van der Waals surface area contributed by atoms with E-state index in [1.807, 2.05) is 18.2 Å². The Labute approximate surface area is 175 Å². The molecule has 0 aliphatic heterocycles. The van der Waals surface area contributed by atoms with Crippen molar-refractivity contribution in [2.75, 3.05) is 0 Å². The Bertz CT molecular complexity index is 541. The summed E-state index contributed by atoms with van der Waals surface area (Å²) < 4.78 is 6.08. The summed E-state index contributed by atoms with van der Waals surface area (Å²) in [5.41, 5.74) is 0.723. The molecule has 0 spiro atoms. The van der Waals surface area contributed by atoms with Crippen LogP contribution >= 0.6 is 0 Å². The van der Waals surface area contributed by atoms with Gasteiger partial charge in [-0.05, 0) is 43.1 Å². The first-order chi connectivity index (χ1) is 13.3. The lowest BCUT2D eigenvalue weighted by Gasteiger charge is -2.25. The van der Waals surface area contributed by atoms with Gasteiger partial charge in [0.05, 0.1) is 6.61 Å². The molecule has 0 amide bonds. The van der Waals surface area contributed by atoms with E-state index in [4.69, 9.17) is 11.2 Å². The molecule has 0 aliphatic carbocycles. The van der Waals surface area contributed by atoms with E-state index in [1.165, 1.54) is 50.5 Å². The summed E-state index contributed by atoms with van der Waals surface area (Å²) in [4.78, 5) is 0. The average molecular weight is 385 g/mol. The van der Waals surface area contributed by atoms with Gasteiger partial charge >= 0.3 is 0 Å². The second-order valence-electron chi connectivity index (χ2n) is 9.51. The van der Waals surface area contributed by atoms with E-state index in [0.29, 0.717) is 6.61 Å². The van der Waals surface area contributed by atoms with Gasteiger partial charge in [0.15, 0.2) is 0 Å². The first-order valence-corrected chi connectivity index (χ1v) is 11.5. The highest BCUT2D eigenvalue weighted by atomic mass is 16.5. The summed E-state index contributed by atoms with van der Waals surface area (Å²) in [6.45, 7) is 12.1. The minimum absolute atomic E-state index is 0.458. The molecule has 158 valence electrons. The van der Waals surface area contributed by atoms with Crippen molar-refractivity contribution >= 4 is 0 Å². The highest BCUT2D eigenvalue weighted by Crippen LogP contribution is 2.25. The Morgan fingerprint density at radius 1 is 0.857 bits per heavy atom. The third kappa shape index (κ3) is 11.6. The minimum atomic E-state index is -0.458. The van der Waals surface area contributed by atoms with Crippen LogP contribution in [-0.4, -0.2) is 5.60 Å².